The van der Waals surface area contributed by atoms with Crippen LogP contribution in [0.25, 0.3) is 0 Å². The fourth-order valence-electron chi connectivity index (χ4n) is 2.11. The monoisotopic (exact) mass is 356 g/mol. The smallest absolute Gasteiger partial charge is 0.359 e. The number of benzene rings is 1. The van der Waals surface area contributed by atoms with E-state index in [2.05, 4.69) is 15.3 Å². The van der Waals surface area contributed by atoms with E-state index in [0.717, 1.165) is 27.8 Å². The number of anilines is 1. The van der Waals surface area contributed by atoms with E-state index < -0.39 is 18.5 Å². The van der Waals surface area contributed by atoms with Crippen molar-refractivity contribution in [2.24, 2.45) is 0 Å². The largest absolute Gasteiger partial charge is 0.451 e. The van der Waals surface area contributed by atoms with Gasteiger partial charge >= 0.3 is 5.97 Å². The first kappa shape index (κ1) is 18.4. The second kappa shape index (κ2) is 8.26. The fourth-order valence-corrected chi connectivity index (χ4v) is 2.69. The maximum absolute atomic E-state index is 12.0. The van der Waals surface area contributed by atoms with Gasteiger partial charge in [-0.2, -0.15) is 5.26 Å². The SMILES string of the molecule is Cc1cnc(C(=O)OCC(=O)Nc2c(C)cc(SC#N)cc2C)cn1. The van der Waals surface area contributed by atoms with Crippen molar-refractivity contribution in [1.29, 1.82) is 5.26 Å². The number of rotatable bonds is 5. The van der Waals surface area contributed by atoms with Crippen LogP contribution in [-0.4, -0.2) is 28.5 Å². The van der Waals surface area contributed by atoms with Crippen LogP contribution in [-0.2, 0) is 9.53 Å². The number of nitrogens with zero attached hydrogens (tertiary/aromatic N) is 3. The Balaban J connectivity index is 1.97. The Kier molecular flexibility index (Phi) is 6.08. The molecular weight excluding hydrogens is 340 g/mol. The van der Waals surface area contributed by atoms with Crippen LogP contribution < -0.4 is 5.32 Å². The molecule has 7 nitrogen and oxygen atoms in total. The average molecular weight is 356 g/mol. The standard InChI is InChI=1S/C17H16N4O3S/c1-10-4-13(25-9-18)5-11(2)16(10)21-15(22)8-24-17(23)14-7-19-12(3)6-20-14/h4-7H,8H2,1-3H3,(H,21,22). The minimum absolute atomic E-state index is 0.0450. The molecule has 1 aromatic carbocycles. The summed E-state index contributed by atoms with van der Waals surface area (Å²) in [4.78, 5) is 32.5. The molecule has 0 atom stereocenters. The van der Waals surface area contributed by atoms with Gasteiger partial charge in [0, 0.05) is 16.8 Å². The Labute approximate surface area is 149 Å². The quantitative estimate of drug-likeness (QED) is 0.499. The maximum atomic E-state index is 12.0. The van der Waals surface area contributed by atoms with Crippen LogP contribution in [0.15, 0.2) is 29.4 Å². The van der Waals surface area contributed by atoms with Crippen molar-refractivity contribution < 1.29 is 14.3 Å². The molecule has 1 N–H and O–H groups in total. The van der Waals surface area contributed by atoms with Gasteiger partial charge in [0.2, 0.25) is 0 Å². The zero-order valence-corrected chi connectivity index (χ0v) is 14.8. The van der Waals surface area contributed by atoms with Gasteiger partial charge in [0.1, 0.15) is 5.40 Å². The predicted octanol–water partition coefficient (Wildman–Crippen LogP) is 2.77. The molecule has 2 rings (SSSR count). The van der Waals surface area contributed by atoms with Gasteiger partial charge in [0.25, 0.3) is 5.91 Å². The molecule has 0 radical (unpaired) electrons. The molecule has 0 aliphatic heterocycles. The second-order valence-electron chi connectivity index (χ2n) is 5.29. The summed E-state index contributed by atoms with van der Waals surface area (Å²) < 4.78 is 4.94. The van der Waals surface area contributed by atoms with E-state index in [0.29, 0.717) is 11.4 Å². The number of carbonyl (C=O) groups excluding carboxylic acids is 2. The van der Waals surface area contributed by atoms with E-state index in [1.54, 1.807) is 6.92 Å². The summed E-state index contributed by atoms with van der Waals surface area (Å²) in [6, 6.07) is 3.62. The first-order chi connectivity index (χ1) is 11.9. The molecule has 1 heterocycles. The summed E-state index contributed by atoms with van der Waals surface area (Å²) in [5.41, 5.74) is 3.00. The number of carbonyl (C=O) groups is 2. The molecule has 0 aliphatic carbocycles. The van der Waals surface area contributed by atoms with E-state index >= 15 is 0 Å². The third-order valence-electron chi connectivity index (χ3n) is 3.26. The van der Waals surface area contributed by atoms with Crippen molar-refractivity contribution >= 4 is 29.3 Å². The van der Waals surface area contributed by atoms with Gasteiger partial charge in [-0.3, -0.25) is 9.78 Å². The van der Waals surface area contributed by atoms with Gasteiger partial charge < -0.3 is 10.1 Å². The summed E-state index contributed by atoms with van der Waals surface area (Å²) in [5, 5.41) is 13.5. The van der Waals surface area contributed by atoms with E-state index in [4.69, 9.17) is 10.00 Å². The summed E-state index contributed by atoms with van der Waals surface area (Å²) in [6.45, 7) is 4.98. The highest BCUT2D eigenvalue weighted by atomic mass is 32.2. The normalized spacial score (nSPS) is 10.0. The summed E-state index contributed by atoms with van der Waals surface area (Å²) >= 11 is 1.05. The molecule has 0 spiro atoms. The van der Waals surface area contributed by atoms with Gasteiger partial charge in [-0.25, -0.2) is 9.78 Å². The number of hydrogen-bond acceptors (Lipinski definition) is 7. The zero-order chi connectivity index (χ0) is 18.4. The van der Waals surface area contributed by atoms with E-state index in [-0.39, 0.29) is 5.69 Å². The van der Waals surface area contributed by atoms with Crippen molar-refractivity contribution in [2.45, 2.75) is 25.7 Å². The highest BCUT2D eigenvalue weighted by Crippen LogP contribution is 2.27. The number of esters is 1. The molecule has 128 valence electrons. The molecule has 0 unspecified atom stereocenters. The van der Waals surface area contributed by atoms with Crippen LogP contribution in [0.2, 0.25) is 0 Å². The molecule has 0 aliphatic rings. The molecule has 2 aromatic rings. The van der Waals surface area contributed by atoms with Crippen molar-refractivity contribution in [3.05, 3.63) is 47.0 Å². The topological polar surface area (TPSA) is 105 Å². The molecule has 0 saturated heterocycles. The number of amides is 1. The van der Waals surface area contributed by atoms with Crippen LogP contribution in [0.1, 0.15) is 27.3 Å². The van der Waals surface area contributed by atoms with Crippen LogP contribution in [0, 0.1) is 31.4 Å². The van der Waals surface area contributed by atoms with Gasteiger partial charge in [0.05, 0.1) is 11.9 Å². The fraction of sp³-hybridized carbons (Fsp3) is 0.235. The van der Waals surface area contributed by atoms with Gasteiger partial charge in [-0.1, -0.05) is 0 Å². The Morgan fingerprint density at radius 2 is 1.88 bits per heavy atom. The first-order valence-corrected chi connectivity index (χ1v) is 8.15. The molecule has 0 bridgehead atoms. The number of hydrogen-bond donors (Lipinski definition) is 1. The number of nitriles is 1. The number of thiocyanates is 1. The molecule has 0 fully saturated rings. The molecule has 25 heavy (non-hydrogen) atoms. The van der Waals surface area contributed by atoms with Crippen molar-refractivity contribution in [3.8, 4) is 5.40 Å². The van der Waals surface area contributed by atoms with Crippen LogP contribution in [0.3, 0.4) is 0 Å². The van der Waals surface area contributed by atoms with E-state index in [1.165, 1.54) is 12.4 Å². The second-order valence-corrected chi connectivity index (χ2v) is 6.15. The molecule has 1 aromatic heterocycles. The number of thioether (sulfide) groups is 1. The van der Waals surface area contributed by atoms with E-state index in [9.17, 15) is 9.59 Å². The van der Waals surface area contributed by atoms with Crippen LogP contribution in [0.5, 0.6) is 0 Å². The number of aromatic nitrogens is 2. The highest BCUT2D eigenvalue weighted by Gasteiger charge is 2.14. The third-order valence-corrected chi connectivity index (χ3v) is 3.82. The number of nitrogens with one attached hydrogen (secondary N) is 1. The third kappa shape index (κ3) is 5.02. The van der Waals surface area contributed by atoms with Crippen molar-refractivity contribution in [2.75, 3.05) is 11.9 Å². The van der Waals surface area contributed by atoms with Gasteiger partial charge in [-0.05, 0) is 55.8 Å². The van der Waals surface area contributed by atoms with E-state index in [1.807, 2.05) is 31.4 Å². The Hall–Kier alpha value is -2.92. The minimum atomic E-state index is -0.711. The highest BCUT2D eigenvalue weighted by molar-refractivity contribution is 8.03. The zero-order valence-electron chi connectivity index (χ0n) is 14.0. The summed E-state index contributed by atoms with van der Waals surface area (Å²) in [7, 11) is 0. The Bertz CT molecular complexity index is 821. The van der Waals surface area contributed by atoms with Gasteiger partial charge in [-0.15, -0.1) is 0 Å². The van der Waals surface area contributed by atoms with Crippen LogP contribution in [0.4, 0.5) is 5.69 Å². The van der Waals surface area contributed by atoms with Crippen molar-refractivity contribution in [3.63, 3.8) is 0 Å². The number of aryl methyl sites for hydroxylation is 3. The first-order valence-electron chi connectivity index (χ1n) is 7.33. The van der Waals surface area contributed by atoms with Crippen LogP contribution >= 0.6 is 11.8 Å². The lowest BCUT2D eigenvalue weighted by Gasteiger charge is -2.13. The lowest BCUT2D eigenvalue weighted by atomic mass is 10.1. The molecule has 8 heteroatoms. The van der Waals surface area contributed by atoms with Crippen molar-refractivity contribution in [1.82, 2.24) is 9.97 Å². The summed E-state index contributed by atoms with van der Waals surface area (Å²) in [5.74, 6) is -1.17. The van der Waals surface area contributed by atoms with Gasteiger partial charge in [0.15, 0.2) is 12.3 Å². The molecular formula is C17H16N4O3S. The maximum Gasteiger partial charge on any atom is 0.359 e. The lowest BCUT2D eigenvalue weighted by molar-refractivity contribution is -0.119. The predicted molar refractivity (Wildman–Crippen MR) is 93.1 cm³/mol. The average Bonchev–Trinajstić information content (AvgIpc) is 2.57. The molecule has 0 saturated carbocycles. The Morgan fingerprint density at radius 1 is 1.20 bits per heavy atom. The molecule has 1 amide bonds. The summed E-state index contributed by atoms with van der Waals surface area (Å²) in [6.07, 6.45) is 2.75. The Morgan fingerprint density at radius 3 is 2.44 bits per heavy atom. The lowest BCUT2D eigenvalue weighted by Crippen LogP contribution is -2.22. The number of ether oxygens (including phenoxy) is 1. The minimum Gasteiger partial charge on any atom is -0.451 e.